The first-order chi connectivity index (χ1) is 13.0. The Morgan fingerprint density at radius 2 is 2.11 bits per heavy atom. The van der Waals surface area contributed by atoms with E-state index >= 15 is 0 Å². The summed E-state index contributed by atoms with van der Waals surface area (Å²) in [5.74, 6) is -0.813. The van der Waals surface area contributed by atoms with Crippen LogP contribution in [0.25, 0.3) is 11.4 Å². The maximum absolute atomic E-state index is 14.1. The Morgan fingerprint density at radius 1 is 1.26 bits per heavy atom. The number of carbonyl (C=O) groups is 1. The highest BCUT2D eigenvalue weighted by Gasteiger charge is 2.28. The Morgan fingerprint density at radius 3 is 2.85 bits per heavy atom. The predicted molar refractivity (Wildman–Crippen MR) is 97.9 cm³/mol. The number of rotatable bonds is 2. The van der Waals surface area contributed by atoms with Gasteiger partial charge in [0.25, 0.3) is 11.5 Å². The van der Waals surface area contributed by atoms with Crippen LogP contribution in [0.1, 0.15) is 21.6 Å². The first-order valence-electron chi connectivity index (χ1n) is 8.30. The molecule has 1 aromatic carbocycles. The number of aromatic amines is 1. The molecule has 2 aromatic heterocycles. The fraction of sp³-hybridized carbons (Fsp3) is 0.158. The van der Waals surface area contributed by atoms with Crippen LogP contribution >= 0.6 is 11.6 Å². The van der Waals surface area contributed by atoms with E-state index in [1.807, 2.05) is 0 Å². The highest BCUT2D eigenvalue weighted by atomic mass is 35.5. The molecule has 6 nitrogen and oxygen atoms in total. The van der Waals surface area contributed by atoms with Crippen molar-refractivity contribution in [3.63, 3.8) is 0 Å². The molecule has 0 unspecified atom stereocenters. The average Bonchev–Trinajstić information content (AvgIpc) is 2.68. The molecule has 0 atom stereocenters. The molecule has 1 N–H and O–H groups in total. The molecule has 27 heavy (non-hydrogen) atoms. The minimum absolute atomic E-state index is 0.0562. The lowest BCUT2D eigenvalue weighted by Gasteiger charge is -2.28. The highest BCUT2D eigenvalue weighted by molar-refractivity contribution is 6.33. The van der Waals surface area contributed by atoms with E-state index in [-0.39, 0.29) is 29.2 Å². The van der Waals surface area contributed by atoms with E-state index in [9.17, 15) is 14.0 Å². The number of fused-ring (bicyclic) bond motifs is 1. The van der Waals surface area contributed by atoms with Crippen molar-refractivity contribution in [1.82, 2.24) is 19.9 Å². The Labute approximate surface area is 158 Å². The first kappa shape index (κ1) is 17.4. The number of nitrogens with zero attached hydrogens (tertiary/aromatic N) is 3. The van der Waals surface area contributed by atoms with Crippen molar-refractivity contribution in [1.29, 1.82) is 0 Å². The van der Waals surface area contributed by atoms with Crippen molar-refractivity contribution in [2.24, 2.45) is 0 Å². The number of aromatic nitrogens is 3. The van der Waals surface area contributed by atoms with Gasteiger partial charge in [0.2, 0.25) is 0 Å². The zero-order chi connectivity index (χ0) is 19.0. The second kappa shape index (κ2) is 6.92. The molecule has 0 fully saturated rings. The normalized spacial score (nSPS) is 13.3. The molecule has 0 aliphatic carbocycles. The smallest absolute Gasteiger partial charge is 0.258 e. The van der Waals surface area contributed by atoms with Gasteiger partial charge in [-0.1, -0.05) is 17.7 Å². The minimum atomic E-state index is -0.673. The van der Waals surface area contributed by atoms with Gasteiger partial charge in [0.1, 0.15) is 11.6 Å². The molecular formula is C19H14ClFN4O2. The van der Waals surface area contributed by atoms with E-state index in [0.717, 1.165) is 0 Å². The van der Waals surface area contributed by atoms with Crippen LogP contribution < -0.4 is 5.56 Å². The zero-order valence-corrected chi connectivity index (χ0v) is 14.8. The molecule has 1 amide bonds. The molecule has 0 saturated carbocycles. The molecule has 3 heterocycles. The van der Waals surface area contributed by atoms with Crippen molar-refractivity contribution < 1.29 is 9.18 Å². The average molecular weight is 385 g/mol. The Kier molecular flexibility index (Phi) is 4.45. The molecule has 0 saturated heterocycles. The summed E-state index contributed by atoms with van der Waals surface area (Å²) in [7, 11) is 0. The predicted octanol–water partition coefficient (Wildman–Crippen LogP) is 2.82. The largest absolute Gasteiger partial charge is 0.332 e. The quantitative estimate of drug-likeness (QED) is 0.736. The maximum atomic E-state index is 14.1. The van der Waals surface area contributed by atoms with E-state index < -0.39 is 11.7 Å². The lowest BCUT2D eigenvalue weighted by Crippen LogP contribution is -2.39. The van der Waals surface area contributed by atoms with E-state index in [1.54, 1.807) is 24.5 Å². The number of hydrogen-bond acceptors (Lipinski definition) is 4. The van der Waals surface area contributed by atoms with Crippen LogP contribution in [0.5, 0.6) is 0 Å². The maximum Gasteiger partial charge on any atom is 0.258 e. The van der Waals surface area contributed by atoms with E-state index in [4.69, 9.17) is 11.6 Å². The lowest BCUT2D eigenvalue weighted by molar-refractivity contribution is 0.0726. The summed E-state index contributed by atoms with van der Waals surface area (Å²) in [6.07, 6.45) is 3.55. The number of hydrogen-bond donors (Lipinski definition) is 1. The van der Waals surface area contributed by atoms with Gasteiger partial charge in [-0.3, -0.25) is 14.6 Å². The van der Waals surface area contributed by atoms with E-state index in [1.165, 1.54) is 23.1 Å². The number of benzene rings is 1. The number of nitrogens with one attached hydrogen (secondary N) is 1. The van der Waals surface area contributed by atoms with Gasteiger partial charge < -0.3 is 9.88 Å². The zero-order valence-electron chi connectivity index (χ0n) is 14.1. The second-order valence-corrected chi connectivity index (χ2v) is 6.56. The summed E-state index contributed by atoms with van der Waals surface area (Å²) < 4.78 is 14.1. The van der Waals surface area contributed by atoms with Crippen LogP contribution in [-0.2, 0) is 13.0 Å². The molecule has 136 valence electrons. The monoisotopic (exact) mass is 384 g/mol. The van der Waals surface area contributed by atoms with Crippen LogP contribution in [0.2, 0.25) is 5.02 Å². The summed E-state index contributed by atoms with van der Waals surface area (Å²) in [5.41, 5.74) is 1.28. The summed E-state index contributed by atoms with van der Waals surface area (Å²) in [5, 5.41) is 0.0562. The third kappa shape index (κ3) is 3.21. The van der Waals surface area contributed by atoms with Crippen molar-refractivity contribution >= 4 is 17.5 Å². The topological polar surface area (TPSA) is 79.0 Å². The number of carbonyl (C=O) groups excluding carboxylic acids is 1. The fourth-order valence-electron chi connectivity index (χ4n) is 3.11. The fourth-order valence-corrected chi connectivity index (χ4v) is 3.36. The minimum Gasteiger partial charge on any atom is -0.332 e. The van der Waals surface area contributed by atoms with Crippen LogP contribution in [0.15, 0.2) is 47.5 Å². The van der Waals surface area contributed by atoms with Gasteiger partial charge in [0, 0.05) is 30.1 Å². The molecule has 1 aliphatic rings. The van der Waals surface area contributed by atoms with Crippen LogP contribution in [-0.4, -0.2) is 32.3 Å². The number of halogens is 2. The first-order valence-corrected chi connectivity index (χ1v) is 8.68. The molecule has 3 aromatic rings. The Hall–Kier alpha value is -3.06. The standard InChI is InChI=1S/C19H14ClFN4O2/c20-13-4-1-5-14(21)16(13)19(27)25-8-6-12-15(10-25)23-17(24-18(12)26)11-3-2-7-22-9-11/h1-5,7,9H,6,8,10H2,(H,23,24,26). The number of pyridine rings is 1. The van der Waals surface area contributed by atoms with Crippen LogP contribution in [0.3, 0.4) is 0 Å². The summed E-state index contributed by atoms with van der Waals surface area (Å²) in [6, 6.07) is 7.63. The van der Waals surface area contributed by atoms with Gasteiger partial charge in [-0.2, -0.15) is 0 Å². The van der Waals surface area contributed by atoms with Gasteiger partial charge >= 0.3 is 0 Å². The molecule has 0 bridgehead atoms. The third-order valence-electron chi connectivity index (χ3n) is 4.47. The molecule has 4 rings (SSSR count). The molecule has 0 radical (unpaired) electrons. The van der Waals surface area contributed by atoms with Gasteiger partial charge in [0.05, 0.1) is 22.8 Å². The molecule has 8 heteroatoms. The third-order valence-corrected chi connectivity index (χ3v) is 4.79. The van der Waals surface area contributed by atoms with E-state index in [0.29, 0.717) is 29.1 Å². The van der Waals surface area contributed by atoms with E-state index in [2.05, 4.69) is 15.0 Å². The summed E-state index contributed by atoms with van der Waals surface area (Å²) in [4.78, 5) is 37.9. The van der Waals surface area contributed by atoms with Gasteiger partial charge in [-0.05, 0) is 30.7 Å². The van der Waals surface area contributed by atoms with Gasteiger partial charge in [-0.25, -0.2) is 9.37 Å². The number of amides is 1. The van der Waals surface area contributed by atoms with Gasteiger partial charge in [-0.15, -0.1) is 0 Å². The van der Waals surface area contributed by atoms with Crippen molar-refractivity contribution in [2.45, 2.75) is 13.0 Å². The van der Waals surface area contributed by atoms with Crippen molar-refractivity contribution in [2.75, 3.05) is 6.54 Å². The molecule has 1 aliphatic heterocycles. The van der Waals surface area contributed by atoms with Crippen molar-refractivity contribution in [3.8, 4) is 11.4 Å². The number of H-pyrrole nitrogens is 1. The Bertz CT molecular complexity index is 1060. The second-order valence-electron chi connectivity index (χ2n) is 6.15. The summed E-state index contributed by atoms with van der Waals surface area (Å²) >= 11 is 6.01. The van der Waals surface area contributed by atoms with Crippen LogP contribution in [0.4, 0.5) is 4.39 Å². The highest BCUT2D eigenvalue weighted by Crippen LogP contribution is 2.24. The summed E-state index contributed by atoms with van der Waals surface area (Å²) in [6.45, 7) is 0.392. The van der Waals surface area contributed by atoms with Crippen molar-refractivity contribution in [3.05, 3.63) is 80.7 Å². The molecular weight excluding hydrogens is 371 g/mol. The van der Waals surface area contributed by atoms with Crippen LogP contribution in [0, 0.1) is 5.82 Å². The Balaban J connectivity index is 1.69. The van der Waals surface area contributed by atoms with Gasteiger partial charge in [0.15, 0.2) is 0 Å². The lowest BCUT2D eigenvalue weighted by atomic mass is 10.0. The molecule has 0 spiro atoms. The SMILES string of the molecule is O=C(c1c(F)cccc1Cl)N1CCc2c(nc(-c3cccnc3)[nH]c2=O)C1.